The molecule has 0 aromatic heterocycles. The smallest absolute Gasteiger partial charge is 0.423 e. The van der Waals surface area contributed by atoms with Crippen molar-refractivity contribution in [3.05, 3.63) is 28.8 Å². The second-order valence-electron chi connectivity index (χ2n) is 7.13. The molecule has 0 saturated carbocycles. The third-order valence-corrected chi connectivity index (χ3v) is 11.2. The SMILES string of the molecule is CC(C)[Si](OCCc1cc(Cl)ccc1B(O)O)(C(C)C)C(C)C. The second-order valence-corrected chi connectivity index (χ2v) is 13.0. The number of hydrogen-bond donors (Lipinski definition) is 2. The van der Waals surface area contributed by atoms with Gasteiger partial charge in [0.25, 0.3) is 0 Å². The fourth-order valence-electron chi connectivity index (χ4n) is 3.88. The van der Waals surface area contributed by atoms with Crippen molar-refractivity contribution in [1.29, 1.82) is 0 Å². The van der Waals surface area contributed by atoms with Crippen LogP contribution in [-0.2, 0) is 10.8 Å². The monoisotopic (exact) mass is 356 g/mol. The Morgan fingerprint density at radius 2 is 1.57 bits per heavy atom. The first-order chi connectivity index (χ1) is 10.6. The van der Waals surface area contributed by atoms with E-state index < -0.39 is 15.4 Å². The minimum absolute atomic E-state index is 0.504. The van der Waals surface area contributed by atoms with E-state index in [9.17, 15) is 10.0 Å². The van der Waals surface area contributed by atoms with Gasteiger partial charge in [0.05, 0.1) is 0 Å². The minimum atomic E-state index is -1.90. The summed E-state index contributed by atoms with van der Waals surface area (Å²) in [5.41, 5.74) is 2.94. The molecule has 0 fully saturated rings. The van der Waals surface area contributed by atoms with Crippen LogP contribution in [-0.4, -0.2) is 32.1 Å². The normalized spacial score (nSPS) is 12.5. The van der Waals surface area contributed by atoms with Crippen LogP contribution in [0.25, 0.3) is 0 Å². The molecule has 0 heterocycles. The van der Waals surface area contributed by atoms with Crippen LogP contribution in [0.5, 0.6) is 0 Å². The van der Waals surface area contributed by atoms with E-state index in [4.69, 9.17) is 16.0 Å². The minimum Gasteiger partial charge on any atom is -0.423 e. The zero-order valence-electron chi connectivity index (χ0n) is 15.1. The van der Waals surface area contributed by atoms with Crippen molar-refractivity contribution in [2.24, 2.45) is 0 Å². The van der Waals surface area contributed by atoms with Crippen LogP contribution in [0, 0.1) is 0 Å². The molecule has 0 saturated heterocycles. The molecule has 130 valence electrons. The topological polar surface area (TPSA) is 49.7 Å². The van der Waals surface area contributed by atoms with Gasteiger partial charge in [-0.3, -0.25) is 0 Å². The number of halogens is 1. The van der Waals surface area contributed by atoms with Crippen LogP contribution in [0.15, 0.2) is 18.2 Å². The van der Waals surface area contributed by atoms with Gasteiger partial charge in [-0.1, -0.05) is 59.2 Å². The van der Waals surface area contributed by atoms with Crippen LogP contribution >= 0.6 is 11.6 Å². The van der Waals surface area contributed by atoms with Crippen molar-refractivity contribution in [1.82, 2.24) is 0 Å². The lowest BCUT2D eigenvalue weighted by atomic mass is 9.76. The lowest BCUT2D eigenvalue weighted by Gasteiger charge is -2.42. The van der Waals surface area contributed by atoms with Gasteiger partial charge in [0, 0.05) is 11.6 Å². The molecule has 0 spiro atoms. The molecular formula is C17H30BClO3Si. The van der Waals surface area contributed by atoms with Gasteiger partial charge in [-0.2, -0.15) is 0 Å². The first-order valence-electron chi connectivity index (χ1n) is 8.41. The molecule has 2 N–H and O–H groups in total. The average Bonchev–Trinajstić information content (AvgIpc) is 2.41. The van der Waals surface area contributed by atoms with Crippen LogP contribution in [0.4, 0.5) is 0 Å². The summed E-state index contributed by atoms with van der Waals surface area (Å²) in [7, 11) is -3.38. The summed E-state index contributed by atoms with van der Waals surface area (Å²) in [4.78, 5) is 0. The first-order valence-corrected chi connectivity index (χ1v) is 10.9. The lowest BCUT2D eigenvalue weighted by molar-refractivity contribution is 0.281. The van der Waals surface area contributed by atoms with Gasteiger partial charge >= 0.3 is 7.12 Å². The van der Waals surface area contributed by atoms with Gasteiger partial charge in [0.2, 0.25) is 0 Å². The summed E-state index contributed by atoms with van der Waals surface area (Å²) in [6.45, 7) is 14.1. The van der Waals surface area contributed by atoms with Gasteiger partial charge < -0.3 is 14.5 Å². The molecule has 1 aromatic carbocycles. The Hall–Kier alpha value is -0.328. The zero-order valence-corrected chi connectivity index (χ0v) is 16.9. The van der Waals surface area contributed by atoms with Gasteiger partial charge in [0.1, 0.15) is 0 Å². The van der Waals surface area contributed by atoms with E-state index in [1.165, 1.54) is 0 Å². The number of hydrogen-bond acceptors (Lipinski definition) is 3. The maximum atomic E-state index is 9.50. The van der Waals surface area contributed by atoms with E-state index in [2.05, 4.69) is 41.5 Å². The van der Waals surface area contributed by atoms with Crippen LogP contribution < -0.4 is 5.46 Å². The van der Waals surface area contributed by atoms with Crippen molar-refractivity contribution in [2.75, 3.05) is 6.61 Å². The Labute approximate surface area is 147 Å². The molecule has 0 amide bonds. The Balaban J connectivity index is 2.91. The van der Waals surface area contributed by atoms with Crippen molar-refractivity contribution in [3.63, 3.8) is 0 Å². The fourth-order valence-corrected chi connectivity index (χ4v) is 9.53. The quantitative estimate of drug-likeness (QED) is 0.697. The van der Waals surface area contributed by atoms with E-state index in [1.807, 2.05) is 0 Å². The molecule has 0 aliphatic heterocycles. The summed E-state index contributed by atoms with van der Waals surface area (Å²) in [6.07, 6.45) is 0.633. The highest BCUT2D eigenvalue weighted by atomic mass is 35.5. The van der Waals surface area contributed by atoms with E-state index >= 15 is 0 Å². The van der Waals surface area contributed by atoms with E-state index in [0.29, 0.717) is 40.1 Å². The molecule has 0 aliphatic carbocycles. The molecule has 0 unspecified atom stereocenters. The molecule has 0 radical (unpaired) electrons. The van der Waals surface area contributed by atoms with E-state index in [1.54, 1.807) is 18.2 Å². The van der Waals surface area contributed by atoms with E-state index in [-0.39, 0.29) is 0 Å². The predicted octanol–water partition coefficient (Wildman–Crippen LogP) is 3.75. The highest BCUT2D eigenvalue weighted by Crippen LogP contribution is 2.42. The van der Waals surface area contributed by atoms with Crippen molar-refractivity contribution in [3.8, 4) is 0 Å². The fraction of sp³-hybridized carbons (Fsp3) is 0.647. The summed E-state index contributed by atoms with van der Waals surface area (Å²) in [6, 6.07) is 5.14. The molecule has 0 bridgehead atoms. The molecule has 1 aromatic rings. The van der Waals surface area contributed by atoms with Gasteiger partial charge in [0.15, 0.2) is 8.32 Å². The molecule has 6 heteroatoms. The van der Waals surface area contributed by atoms with Gasteiger partial charge in [-0.25, -0.2) is 0 Å². The highest BCUT2D eigenvalue weighted by Gasteiger charge is 2.44. The van der Waals surface area contributed by atoms with Crippen LogP contribution in [0.3, 0.4) is 0 Å². The number of rotatable bonds is 8. The lowest BCUT2D eigenvalue weighted by Crippen LogP contribution is -2.48. The third kappa shape index (κ3) is 4.83. The first kappa shape index (κ1) is 20.7. The third-order valence-electron chi connectivity index (χ3n) is 4.81. The summed E-state index contributed by atoms with van der Waals surface area (Å²) >= 11 is 6.05. The maximum Gasteiger partial charge on any atom is 0.488 e. The Morgan fingerprint density at radius 3 is 2.00 bits per heavy atom. The van der Waals surface area contributed by atoms with Crippen LogP contribution in [0.2, 0.25) is 21.6 Å². The molecule has 0 atom stereocenters. The summed E-state index contributed by atoms with van der Waals surface area (Å²) < 4.78 is 6.53. The molecule has 0 aliphatic rings. The largest absolute Gasteiger partial charge is 0.488 e. The maximum absolute atomic E-state index is 9.50. The Bertz CT molecular complexity index is 485. The van der Waals surface area contributed by atoms with Crippen molar-refractivity contribution >= 4 is 32.5 Å². The molecule has 3 nitrogen and oxygen atoms in total. The summed E-state index contributed by atoms with van der Waals surface area (Å²) in [5, 5.41) is 19.6. The predicted molar refractivity (Wildman–Crippen MR) is 102 cm³/mol. The van der Waals surface area contributed by atoms with Crippen molar-refractivity contribution < 1.29 is 14.5 Å². The average molecular weight is 357 g/mol. The van der Waals surface area contributed by atoms with Gasteiger partial charge in [-0.05, 0) is 46.2 Å². The Morgan fingerprint density at radius 1 is 1.04 bits per heavy atom. The molecule has 1 rings (SSSR count). The van der Waals surface area contributed by atoms with Gasteiger partial charge in [-0.15, -0.1) is 0 Å². The van der Waals surface area contributed by atoms with Crippen molar-refractivity contribution in [2.45, 2.75) is 64.6 Å². The van der Waals surface area contributed by atoms with Crippen LogP contribution in [0.1, 0.15) is 47.1 Å². The summed E-state index contributed by atoms with van der Waals surface area (Å²) in [5.74, 6) is 0. The molecule has 23 heavy (non-hydrogen) atoms. The highest BCUT2D eigenvalue weighted by molar-refractivity contribution is 6.77. The Kier molecular flexibility index (Phi) is 7.81. The number of benzene rings is 1. The molecular weight excluding hydrogens is 327 g/mol. The standard InChI is InChI=1S/C17H30BClO3Si/c1-12(2)23(13(3)4,14(5)6)22-10-9-15-11-16(19)7-8-17(15)18(20)21/h7-8,11-14,20-21H,9-10H2,1-6H3. The van der Waals surface area contributed by atoms with E-state index in [0.717, 1.165) is 5.56 Å². The second kappa shape index (κ2) is 8.68. The zero-order chi connectivity index (χ0) is 17.8.